The van der Waals surface area contributed by atoms with Gasteiger partial charge in [0.15, 0.2) is 0 Å². The number of piperidine rings is 2. The van der Waals surface area contributed by atoms with Gasteiger partial charge in [-0.15, -0.1) is 0 Å². The summed E-state index contributed by atoms with van der Waals surface area (Å²) in [6.45, 7) is 6.23. The number of fused-ring (bicyclic) bond motifs is 2. The third kappa shape index (κ3) is 2.45. The number of hydrogen-bond acceptors (Lipinski definition) is 3. The molecule has 0 aromatic heterocycles. The second-order valence-electron chi connectivity index (χ2n) is 6.64. The van der Waals surface area contributed by atoms with Crippen LogP contribution in [0.2, 0.25) is 0 Å². The van der Waals surface area contributed by atoms with Gasteiger partial charge < -0.3 is 10.6 Å². The first-order valence-corrected chi connectivity index (χ1v) is 8.03. The van der Waals surface area contributed by atoms with Crippen LogP contribution in [0.15, 0.2) is 0 Å². The fourth-order valence-electron chi connectivity index (χ4n) is 4.61. The van der Waals surface area contributed by atoms with E-state index in [2.05, 4.69) is 16.7 Å². The SMILES string of the molecule is CCCN1CCC(N2C3CCC2CC(N)C3)CC1. The number of likely N-dealkylation sites (tertiary alicyclic amines) is 1. The van der Waals surface area contributed by atoms with Gasteiger partial charge in [0.05, 0.1) is 0 Å². The molecular weight excluding hydrogens is 222 g/mol. The summed E-state index contributed by atoms with van der Waals surface area (Å²) < 4.78 is 0. The van der Waals surface area contributed by atoms with E-state index in [0.717, 1.165) is 18.1 Å². The van der Waals surface area contributed by atoms with Gasteiger partial charge in [0.1, 0.15) is 0 Å². The lowest BCUT2D eigenvalue weighted by molar-refractivity contribution is 0.0385. The van der Waals surface area contributed by atoms with Gasteiger partial charge in [-0.2, -0.15) is 0 Å². The maximum atomic E-state index is 6.17. The van der Waals surface area contributed by atoms with Crippen LogP contribution in [0.1, 0.15) is 51.9 Å². The smallest absolute Gasteiger partial charge is 0.0125 e. The van der Waals surface area contributed by atoms with E-state index >= 15 is 0 Å². The molecule has 3 heterocycles. The maximum Gasteiger partial charge on any atom is 0.0125 e. The molecule has 2 unspecified atom stereocenters. The highest BCUT2D eigenvalue weighted by Crippen LogP contribution is 2.38. The minimum Gasteiger partial charge on any atom is -0.328 e. The zero-order valence-electron chi connectivity index (χ0n) is 11.9. The molecule has 3 aliphatic heterocycles. The van der Waals surface area contributed by atoms with Gasteiger partial charge in [-0.25, -0.2) is 0 Å². The second kappa shape index (κ2) is 5.48. The van der Waals surface area contributed by atoms with Gasteiger partial charge in [0.2, 0.25) is 0 Å². The Kier molecular flexibility index (Phi) is 3.92. The van der Waals surface area contributed by atoms with Crippen LogP contribution in [-0.4, -0.2) is 53.6 Å². The summed E-state index contributed by atoms with van der Waals surface area (Å²) in [5.74, 6) is 0. The van der Waals surface area contributed by atoms with Crippen molar-refractivity contribution < 1.29 is 0 Å². The highest BCUT2D eigenvalue weighted by molar-refractivity contribution is 5.00. The average molecular weight is 251 g/mol. The zero-order chi connectivity index (χ0) is 12.5. The van der Waals surface area contributed by atoms with Crippen LogP contribution in [0.3, 0.4) is 0 Å². The summed E-state index contributed by atoms with van der Waals surface area (Å²) >= 11 is 0. The Balaban J connectivity index is 1.57. The van der Waals surface area contributed by atoms with Crippen molar-refractivity contribution in [1.29, 1.82) is 0 Å². The summed E-state index contributed by atoms with van der Waals surface area (Å²) in [4.78, 5) is 5.53. The molecule has 2 N–H and O–H groups in total. The predicted octanol–water partition coefficient (Wildman–Crippen LogP) is 1.81. The number of nitrogens with zero attached hydrogens (tertiary/aromatic N) is 2. The molecule has 3 saturated heterocycles. The largest absolute Gasteiger partial charge is 0.328 e. The molecule has 3 nitrogen and oxygen atoms in total. The lowest BCUT2D eigenvalue weighted by Gasteiger charge is -2.46. The van der Waals surface area contributed by atoms with Crippen LogP contribution in [-0.2, 0) is 0 Å². The number of hydrogen-bond donors (Lipinski definition) is 1. The fraction of sp³-hybridized carbons (Fsp3) is 1.00. The number of nitrogens with two attached hydrogens (primary N) is 1. The van der Waals surface area contributed by atoms with Crippen LogP contribution in [0, 0.1) is 0 Å². The molecule has 0 aromatic carbocycles. The van der Waals surface area contributed by atoms with E-state index in [1.165, 1.54) is 64.6 Å². The first-order valence-electron chi connectivity index (χ1n) is 8.03. The lowest BCUT2D eigenvalue weighted by Crippen LogP contribution is -2.54. The van der Waals surface area contributed by atoms with Gasteiger partial charge in [-0.05, 0) is 64.6 Å². The Hall–Kier alpha value is -0.120. The van der Waals surface area contributed by atoms with Gasteiger partial charge in [0.25, 0.3) is 0 Å². The van der Waals surface area contributed by atoms with E-state index in [4.69, 9.17) is 5.73 Å². The molecule has 0 radical (unpaired) electrons. The second-order valence-corrected chi connectivity index (χ2v) is 6.64. The third-order valence-corrected chi connectivity index (χ3v) is 5.34. The highest BCUT2D eigenvalue weighted by Gasteiger charge is 2.43. The monoisotopic (exact) mass is 251 g/mol. The normalized spacial score (nSPS) is 39.3. The summed E-state index contributed by atoms with van der Waals surface area (Å²) in [5, 5.41) is 0. The molecule has 3 fully saturated rings. The Morgan fingerprint density at radius 1 is 0.944 bits per heavy atom. The van der Waals surface area contributed by atoms with Crippen molar-refractivity contribution in [3.8, 4) is 0 Å². The Morgan fingerprint density at radius 3 is 2.11 bits per heavy atom. The quantitative estimate of drug-likeness (QED) is 0.830. The van der Waals surface area contributed by atoms with E-state index < -0.39 is 0 Å². The van der Waals surface area contributed by atoms with Crippen molar-refractivity contribution >= 4 is 0 Å². The van der Waals surface area contributed by atoms with Crippen molar-refractivity contribution in [2.45, 2.75) is 76.0 Å². The average Bonchev–Trinajstić information content (AvgIpc) is 2.64. The maximum absolute atomic E-state index is 6.17. The van der Waals surface area contributed by atoms with Gasteiger partial charge in [0, 0.05) is 24.2 Å². The Bertz CT molecular complexity index is 259. The van der Waals surface area contributed by atoms with Gasteiger partial charge in [-0.1, -0.05) is 6.92 Å². The predicted molar refractivity (Wildman–Crippen MR) is 75.6 cm³/mol. The van der Waals surface area contributed by atoms with Crippen LogP contribution in [0.25, 0.3) is 0 Å². The lowest BCUT2D eigenvalue weighted by atomic mass is 9.92. The van der Waals surface area contributed by atoms with Crippen molar-refractivity contribution in [3.63, 3.8) is 0 Å². The molecule has 0 saturated carbocycles. The van der Waals surface area contributed by atoms with Crippen LogP contribution < -0.4 is 5.73 Å². The molecule has 0 amide bonds. The van der Waals surface area contributed by atoms with Crippen molar-refractivity contribution in [1.82, 2.24) is 9.80 Å². The molecule has 3 heteroatoms. The minimum atomic E-state index is 0.485. The summed E-state index contributed by atoms with van der Waals surface area (Å²) in [6, 6.07) is 2.99. The molecule has 3 rings (SSSR count). The molecule has 2 bridgehead atoms. The standard InChI is InChI=1S/C15H29N3/c1-2-7-17-8-5-13(6-9-17)18-14-3-4-15(18)11-12(16)10-14/h12-15H,2-11,16H2,1H3. The number of rotatable bonds is 3. The molecule has 0 spiro atoms. The van der Waals surface area contributed by atoms with Crippen LogP contribution in [0.5, 0.6) is 0 Å². The minimum absolute atomic E-state index is 0.485. The van der Waals surface area contributed by atoms with Crippen LogP contribution in [0.4, 0.5) is 0 Å². The first-order chi connectivity index (χ1) is 8.78. The third-order valence-electron chi connectivity index (χ3n) is 5.34. The van der Waals surface area contributed by atoms with Crippen molar-refractivity contribution in [2.75, 3.05) is 19.6 Å². The van der Waals surface area contributed by atoms with E-state index in [1.54, 1.807) is 0 Å². The van der Waals surface area contributed by atoms with Gasteiger partial charge >= 0.3 is 0 Å². The first kappa shape index (κ1) is 12.9. The molecule has 104 valence electrons. The van der Waals surface area contributed by atoms with Crippen molar-refractivity contribution in [2.24, 2.45) is 5.73 Å². The molecule has 2 atom stereocenters. The summed E-state index contributed by atoms with van der Waals surface area (Å²) in [6.07, 6.45) is 9.41. The van der Waals surface area contributed by atoms with Gasteiger partial charge in [-0.3, -0.25) is 4.90 Å². The zero-order valence-corrected chi connectivity index (χ0v) is 11.9. The van der Waals surface area contributed by atoms with E-state index in [-0.39, 0.29) is 0 Å². The Morgan fingerprint density at radius 2 is 1.56 bits per heavy atom. The summed E-state index contributed by atoms with van der Waals surface area (Å²) in [7, 11) is 0. The van der Waals surface area contributed by atoms with E-state index in [0.29, 0.717) is 6.04 Å². The van der Waals surface area contributed by atoms with Crippen molar-refractivity contribution in [3.05, 3.63) is 0 Å². The molecule has 3 aliphatic rings. The van der Waals surface area contributed by atoms with E-state index in [9.17, 15) is 0 Å². The Labute approximate surface area is 112 Å². The van der Waals surface area contributed by atoms with E-state index in [1.807, 2.05) is 0 Å². The van der Waals surface area contributed by atoms with Crippen LogP contribution >= 0.6 is 0 Å². The highest BCUT2D eigenvalue weighted by atomic mass is 15.3. The molecule has 0 aromatic rings. The topological polar surface area (TPSA) is 32.5 Å². The summed E-state index contributed by atoms with van der Waals surface area (Å²) in [5.41, 5.74) is 6.17. The molecule has 18 heavy (non-hydrogen) atoms. The molecular formula is C15H29N3. The fourth-order valence-corrected chi connectivity index (χ4v) is 4.61. The molecule has 0 aliphatic carbocycles.